The van der Waals surface area contributed by atoms with Gasteiger partial charge in [0, 0.05) is 13.1 Å². The standard InChI is InChI=1S/C32H39NO3/c1-35-32(34)30-20-18-27(19-21-30)22-33-23-31(29-10-6-3-7-11-29)36-24-28-16-14-26(15-17-28)13-12-25-8-4-2-5-9-25/h3,6-7,10-11,14-21,25,31,33H,2,4-5,8-9,12-13,22-24H2,1H3. The molecular formula is C32H39NO3. The van der Waals surface area contributed by atoms with E-state index in [0.29, 0.717) is 25.3 Å². The third kappa shape index (κ3) is 8.04. The van der Waals surface area contributed by atoms with E-state index in [0.717, 1.165) is 17.0 Å². The van der Waals surface area contributed by atoms with Crippen molar-refractivity contribution in [2.75, 3.05) is 13.7 Å². The summed E-state index contributed by atoms with van der Waals surface area (Å²) in [6.07, 6.45) is 9.55. The zero-order valence-electron chi connectivity index (χ0n) is 21.5. The van der Waals surface area contributed by atoms with Crippen molar-refractivity contribution in [3.8, 4) is 0 Å². The highest BCUT2D eigenvalue weighted by molar-refractivity contribution is 5.89. The highest BCUT2D eigenvalue weighted by Crippen LogP contribution is 2.27. The summed E-state index contributed by atoms with van der Waals surface area (Å²) in [6.45, 7) is 1.98. The summed E-state index contributed by atoms with van der Waals surface area (Å²) in [5.41, 5.74) is 5.47. The number of aryl methyl sites for hydroxylation is 1. The summed E-state index contributed by atoms with van der Waals surface area (Å²) in [7, 11) is 1.40. The highest BCUT2D eigenvalue weighted by atomic mass is 16.5. The third-order valence-electron chi connectivity index (χ3n) is 7.25. The molecule has 0 amide bonds. The lowest BCUT2D eigenvalue weighted by atomic mass is 9.85. The third-order valence-corrected chi connectivity index (χ3v) is 7.25. The first-order valence-electron chi connectivity index (χ1n) is 13.3. The largest absolute Gasteiger partial charge is 0.465 e. The Morgan fingerprint density at radius 1 is 0.861 bits per heavy atom. The van der Waals surface area contributed by atoms with Crippen LogP contribution in [0.15, 0.2) is 78.9 Å². The minimum absolute atomic E-state index is 0.0495. The van der Waals surface area contributed by atoms with Gasteiger partial charge in [-0.05, 0) is 53.1 Å². The number of benzene rings is 3. The molecule has 3 aromatic rings. The Balaban J connectivity index is 1.28. The molecule has 1 fully saturated rings. The Bertz CT molecular complexity index is 1040. The molecule has 1 unspecified atom stereocenters. The summed E-state index contributed by atoms with van der Waals surface area (Å²) in [5, 5.41) is 3.51. The topological polar surface area (TPSA) is 47.6 Å². The molecule has 4 rings (SSSR count). The molecule has 0 radical (unpaired) electrons. The first-order valence-corrected chi connectivity index (χ1v) is 13.3. The van der Waals surface area contributed by atoms with E-state index in [4.69, 9.17) is 9.47 Å². The summed E-state index contributed by atoms with van der Waals surface area (Å²) < 4.78 is 11.2. The summed E-state index contributed by atoms with van der Waals surface area (Å²) in [4.78, 5) is 11.6. The number of methoxy groups -OCH3 is 1. The normalized spacial score (nSPS) is 14.9. The Morgan fingerprint density at radius 2 is 1.53 bits per heavy atom. The molecule has 0 bridgehead atoms. The van der Waals surface area contributed by atoms with Crippen molar-refractivity contribution in [1.82, 2.24) is 5.32 Å². The predicted octanol–water partition coefficient (Wildman–Crippen LogP) is 7.03. The van der Waals surface area contributed by atoms with Crippen LogP contribution in [0.5, 0.6) is 0 Å². The molecule has 1 N–H and O–H groups in total. The molecule has 1 aliphatic rings. The van der Waals surface area contributed by atoms with Gasteiger partial charge in [-0.2, -0.15) is 0 Å². The van der Waals surface area contributed by atoms with E-state index in [9.17, 15) is 4.79 Å². The van der Waals surface area contributed by atoms with E-state index in [-0.39, 0.29) is 12.1 Å². The fourth-order valence-electron chi connectivity index (χ4n) is 5.01. The first kappa shape index (κ1) is 26.1. The number of nitrogens with one attached hydrogen (secondary N) is 1. The molecule has 4 heteroatoms. The number of carbonyl (C=O) groups is 1. The molecule has 0 heterocycles. The van der Waals surface area contributed by atoms with Crippen LogP contribution < -0.4 is 5.32 Å². The van der Waals surface area contributed by atoms with Gasteiger partial charge in [0.25, 0.3) is 0 Å². The number of ether oxygens (including phenoxy) is 2. The van der Waals surface area contributed by atoms with Crippen LogP contribution in [0.1, 0.15) is 77.2 Å². The smallest absolute Gasteiger partial charge is 0.337 e. The molecule has 0 spiro atoms. The van der Waals surface area contributed by atoms with Gasteiger partial charge in [-0.3, -0.25) is 0 Å². The number of rotatable bonds is 12. The van der Waals surface area contributed by atoms with E-state index in [1.807, 2.05) is 18.2 Å². The maximum absolute atomic E-state index is 11.6. The van der Waals surface area contributed by atoms with E-state index in [1.54, 1.807) is 12.1 Å². The molecule has 3 aromatic carbocycles. The van der Waals surface area contributed by atoms with Crippen LogP contribution in [0, 0.1) is 5.92 Å². The van der Waals surface area contributed by atoms with Crippen molar-refractivity contribution >= 4 is 5.97 Å². The van der Waals surface area contributed by atoms with Gasteiger partial charge in [-0.1, -0.05) is 98.8 Å². The molecule has 0 aliphatic heterocycles. The van der Waals surface area contributed by atoms with Gasteiger partial charge in [0.2, 0.25) is 0 Å². The van der Waals surface area contributed by atoms with E-state index in [2.05, 4.69) is 53.8 Å². The van der Waals surface area contributed by atoms with Gasteiger partial charge in [0.15, 0.2) is 0 Å². The van der Waals surface area contributed by atoms with Crippen molar-refractivity contribution in [2.24, 2.45) is 5.92 Å². The van der Waals surface area contributed by atoms with Gasteiger partial charge in [0.1, 0.15) is 0 Å². The van der Waals surface area contributed by atoms with Gasteiger partial charge in [-0.25, -0.2) is 4.79 Å². The van der Waals surface area contributed by atoms with Gasteiger partial charge in [0.05, 0.1) is 25.4 Å². The fourth-order valence-corrected chi connectivity index (χ4v) is 5.01. The molecule has 4 nitrogen and oxygen atoms in total. The van der Waals surface area contributed by atoms with E-state index in [1.165, 1.54) is 63.2 Å². The molecule has 190 valence electrons. The zero-order valence-corrected chi connectivity index (χ0v) is 21.5. The number of hydrogen-bond donors (Lipinski definition) is 1. The lowest BCUT2D eigenvalue weighted by molar-refractivity contribution is 0.0396. The number of hydrogen-bond acceptors (Lipinski definition) is 4. The molecule has 36 heavy (non-hydrogen) atoms. The maximum atomic E-state index is 11.6. The quantitative estimate of drug-likeness (QED) is 0.280. The first-order chi connectivity index (χ1) is 17.7. The number of carbonyl (C=O) groups excluding carboxylic acids is 1. The second-order valence-electron chi connectivity index (χ2n) is 9.89. The van der Waals surface area contributed by atoms with E-state index >= 15 is 0 Å². The zero-order chi connectivity index (χ0) is 25.0. The second-order valence-corrected chi connectivity index (χ2v) is 9.89. The van der Waals surface area contributed by atoms with Crippen molar-refractivity contribution in [3.05, 3.63) is 107 Å². The second kappa shape index (κ2) is 14.0. The SMILES string of the molecule is COC(=O)c1ccc(CNCC(OCc2ccc(CCC3CCCCC3)cc2)c2ccccc2)cc1. The lowest BCUT2D eigenvalue weighted by Crippen LogP contribution is -2.23. The molecular weight excluding hydrogens is 446 g/mol. The Labute approximate surface area is 216 Å². The molecule has 1 aliphatic carbocycles. The van der Waals surface area contributed by atoms with Crippen LogP contribution in [0.2, 0.25) is 0 Å². The van der Waals surface area contributed by atoms with Crippen LogP contribution in [-0.2, 0) is 29.0 Å². The summed E-state index contributed by atoms with van der Waals surface area (Å²) in [6, 6.07) is 26.9. The van der Waals surface area contributed by atoms with Crippen molar-refractivity contribution in [3.63, 3.8) is 0 Å². The van der Waals surface area contributed by atoms with Crippen LogP contribution >= 0.6 is 0 Å². The van der Waals surface area contributed by atoms with Crippen LogP contribution in [0.4, 0.5) is 0 Å². The van der Waals surface area contributed by atoms with Crippen LogP contribution in [0.3, 0.4) is 0 Å². The maximum Gasteiger partial charge on any atom is 0.337 e. The Kier molecular flexibility index (Phi) is 10.1. The average molecular weight is 486 g/mol. The van der Waals surface area contributed by atoms with Gasteiger partial charge < -0.3 is 14.8 Å². The van der Waals surface area contributed by atoms with Crippen LogP contribution in [0.25, 0.3) is 0 Å². The fraction of sp³-hybridized carbons (Fsp3) is 0.406. The molecule has 0 aromatic heterocycles. The monoisotopic (exact) mass is 485 g/mol. The predicted molar refractivity (Wildman–Crippen MR) is 145 cm³/mol. The Hall–Kier alpha value is -2.95. The number of esters is 1. The van der Waals surface area contributed by atoms with Gasteiger partial charge >= 0.3 is 5.97 Å². The van der Waals surface area contributed by atoms with Crippen molar-refractivity contribution in [1.29, 1.82) is 0 Å². The summed E-state index contributed by atoms with van der Waals surface area (Å²) in [5.74, 6) is 0.607. The van der Waals surface area contributed by atoms with Crippen LogP contribution in [-0.4, -0.2) is 19.6 Å². The summed E-state index contributed by atoms with van der Waals surface area (Å²) >= 11 is 0. The highest BCUT2D eigenvalue weighted by Gasteiger charge is 2.14. The van der Waals surface area contributed by atoms with E-state index < -0.39 is 0 Å². The molecule has 0 saturated heterocycles. The molecule has 1 saturated carbocycles. The Morgan fingerprint density at radius 3 is 2.22 bits per heavy atom. The minimum atomic E-state index is -0.315. The van der Waals surface area contributed by atoms with Gasteiger partial charge in [-0.15, -0.1) is 0 Å². The lowest BCUT2D eigenvalue weighted by Gasteiger charge is -2.21. The van der Waals surface area contributed by atoms with Crippen molar-refractivity contribution < 1.29 is 14.3 Å². The average Bonchev–Trinajstić information content (AvgIpc) is 2.95. The van der Waals surface area contributed by atoms with Crippen molar-refractivity contribution in [2.45, 2.75) is 64.2 Å². The molecule has 1 atom stereocenters. The minimum Gasteiger partial charge on any atom is -0.465 e.